The monoisotopic (exact) mass is 318 g/mol. The molecule has 6 heteroatoms. The van der Waals surface area contributed by atoms with E-state index >= 15 is 0 Å². The fraction of sp³-hybridized carbons (Fsp3) is 0.529. The summed E-state index contributed by atoms with van der Waals surface area (Å²) in [7, 11) is 3.17. The zero-order chi connectivity index (χ0) is 16.4. The van der Waals surface area contributed by atoms with Crippen LogP contribution in [0.2, 0.25) is 0 Å². The molecule has 0 N–H and O–H groups in total. The van der Waals surface area contributed by atoms with E-state index in [4.69, 9.17) is 9.47 Å². The van der Waals surface area contributed by atoms with E-state index in [1.54, 1.807) is 37.3 Å². The molecular formula is C17H22N2O4. The Morgan fingerprint density at radius 3 is 2.26 bits per heavy atom. The largest absolute Gasteiger partial charge is 0.497 e. The zero-order valence-corrected chi connectivity index (χ0v) is 13.6. The van der Waals surface area contributed by atoms with Crippen molar-refractivity contribution in [2.24, 2.45) is 0 Å². The second kappa shape index (κ2) is 6.20. The first-order valence-electron chi connectivity index (χ1n) is 7.87. The van der Waals surface area contributed by atoms with E-state index in [9.17, 15) is 9.59 Å². The number of amides is 2. The van der Waals surface area contributed by atoms with Gasteiger partial charge in [0.05, 0.1) is 7.11 Å². The molecule has 2 fully saturated rings. The van der Waals surface area contributed by atoms with Gasteiger partial charge in [-0.1, -0.05) is 6.07 Å². The molecule has 124 valence electrons. The van der Waals surface area contributed by atoms with E-state index in [1.165, 1.54) is 0 Å². The molecule has 0 unspecified atom stereocenters. The highest BCUT2D eigenvalue weighted by Crippen LogP contribution is 2.40. The summed E-state index contributed by atoms with van der Waals surface area (Å²) >= 11 is 0. The number of benzene rings is 1. The first kappa shape index (κ1) is 15.8. The van der Waals surface area contributed by atoms with Gasteiger partial charge in [0, 0.05) is 38.9 Å². The summed E-state index contributed by atoms with van der Waals surface area (Å²) in [5, 5.41) is 0. The van der Waals surface area contributed by atoms with Crippen molar-refractivity contribution in [2.45, 2.75) is 18.4 Å². The Hall–Kier alpha value is -2.08. The molecule has 1 aliphatic carbocycles. The molecule has 2 aliphatic rings. The van der Waals surface area contributed by atoms with Crippen molar-refractivity contribution in [3.63, 3.8) is 0 Å². The number of ether oxygens (including phenoxy) is 2. The van der Waals surface area contributed by atoms with Crippen LogP contribution in [0.1, 0.15) is 23.2 Å². The Bertz CT molecular complexity index is 604. The van der Waals surface area contributed by atoms with Crippen molar-refractivity contribution in [1.29, 1.82) is 0 Å². The van der Waals surface area contributed by atoms with Gasteiger partial charge in [0.1, 0.15) is 11.4 Å². The lowest BCUT2D eigenvalue weighted by Gasteiger charge is -2.36. The van der Waals surface area contributed by atoms with Gasteiger partial charge in [-0.3, -0.25) is 9.59 Å². The molecule has 1 aromatic carbocycles. The summed E-state index contributed by atoms with van der Waals surface area (Å²) in [5.74, 6) is 0.706. The minimum absolute atomic E-state index is 0.0242. The molecule has 1 saturated heterocycles. The predicted octanol–water partition coefficient (Wildman–Crippen LogP) is 1.16. The standard InChI is InChI=1S/C17H22N2O4/c1-22-14-5-3-4-13(12-14)15(20)18-8-10-19(11-9-18)16(21)17(23-2)6-7-17/h3-5,12H,6-11H2,1-2H3. The summed E-state index contributed by atoms with van der Waals surface area (Å²) in [5.41, 5.74) is 0.0265. The third kappa shape index (κ3) is 3.03. The van der Waals surface area contributed by atoms with E-state index in [2.05, 4.69) is 0 Å². The maximum atomic E-state index is 12.6. The van der Waals surface area contributed by atoms with Gasteiger partial charge in [0.25, 0.3) is 11.8 Å². The van der Waals surface area contributed by atoms with Crippen LogP contribution >= 0.6 is 0 Å². The predicted molar refractivity (Wildman–Crippen MR) is 84.5 cm³/mol. The molecule has 0 bridgehead atoms. The molecule has 6 nitrogen and oxygen atoms in total. The van der Waals surface area contributed by atoms with Crippen LogP contribution in [0.25, 0.3) is 0 Å². The fourth-order valence-corrected chi connectivity index (χ4v) is 2.96. The first-order chi connectivity index (χ1) is 11.1. The van der Waals surface area contributed by atoms with E-state index < -0.39 is 5.60 Å². The van der Waals surface area contributed by atoms with Crippen molar-refractivity contribution in [3.05, 3.63) is 29.8 Å². The average Bonchev–Trinajstić information content (AvgIpc) is 3.42. The Balaban J connectivity index is 1.60. The van der Waals surface area contributed by atoms with E-state index in [1.807, 2.05) is 11.0 Å². The summed E-state index contributed by atoms with van der Waals surface area (Å²) < 4.78 is 10.5. The van der Waals surface area contributed by atoms with E-state index in [0.29, 0.717) is 37.5 Å². The quantitative estimate of drug-likeness (QED) is 0.836. The van der Waals surface area contributed by atoms with Crippen LogP contribution in [0.15, 0.2) is 24.3 Å². The van der Waals surface area contributed by atoms with Gasteiger partial charge < -0.3 is 19.3 Å². The molecule has 1 saturated carbocycles. The van der Waals surface area contributed by atoms with Crippen molar-refractivity contribution in [2.75, 3.05) is 40.4 Å². The Kier molecular flexibility index (Phi) is 4.26. The van der Waals surface area contributed by atoms with Crippen LogP contribution in [0.3, 0.4) is 0 Å². The first-order valence-corrected chi connectivity index (χ1v) is 7.87. The highest BCUT2D eigenvalue weighted by Gasteiger charge is 2.52. The SMILES string of the molecule is COc1cccc(C(=O)N2CCN(C(=O)C3(OC)CC3)CC2)c1. The van der Waals surface area contributed by atoms with Crippen LogP contribution in [-0.2, 0) is 9.53 Å². The van der Waals surface area contributed by atoms with Gasteiger partial charge in [0.15, 0.2) is 0 Å². The lowest BCUT2D eigenvalue weighted by Crippen LogP contribution is -2.53. The number of hydrogen-bond acceptors (Lipinski definition) is 4. The van der Waals surface area contributed by atoms with Crippen LogP contribution in [0, 0.1) is 0 Å². The number of piperazine rings is 1. The lowest BCUT2D eigenvalue weighted by molar-refractivity contribution is -0.146. The molecule has 2 amide bonds. The highest BCUT2D eigenvalue weighted by molar-refractivity contribution is 5.95. The third-order valence-electron chi connectivity index (χ3n) is 4.66. The van der Waals surface area contributed by atoms with E-state index in [0.717, 1.165) is 12.8 Å². The van der Waals surface area contributed by atoms with Gasteiger partial charge in [-0.15, -0.1) is 0 Å². The van der Waals surface area contributed by atoms with Gasteiger partial charge >= 0.3 is 0 Å². The number of carbonyl (C=O) groups is 2. The topological polar surface area (TPSA) is 59.1 Å². The molecule has 23 heavy (non-hydrogen) atoms. The van der Waals surface area contributed by atoms with Crippen LogP contribution in [0.4, 0.5) is 0 Å². The highest BCUT2D eigenvalue weighted by atomic mass is 16.5. The number of carbonyl (C=O) groups excluding carboxylic acids is 2. The van der Waals surface area contributed by atoms with Crippen molar-refractivity contribution in [3.8, 4) is 5.75 Å². The number of nitrogens with zero attached hydrogens (tertiary/aromatic N) is 2. The van der Waals surface area contributed by atoms with Gasteiger partial charge in [-0.05, 0) is 31.0 Å². The second-order valence-electron chi connectivity index (χ2n) is 6.01. The van der Waals surface area contributed by atoms with E-state index in [-0.39, 0.29) is 11.8 Å². The van der Waals surface area contributed by atoms with Gasteiger partial charge in [0.2, 0.25) is 0 Å². The van der Waals surface area contributed by atoms with Crippen LogP contribution < -0.4 is 4.74 Å². The summed E-state index contributed by atoms with van der Waals surface area (Å²) in [6.45, 7) is 2.20. The molecule has 1 aliphatic heterocycles. The van der Waals surface area contributed by atoms with Crippen LogP contribution in [-0.4, -0.2) is 67.6 Å². The number of rotatable bonds is 4. The summed E-state index contributed by atoms with van der Waals surface area (Å²) in [4.78, 5) is 28.6. The molecule has 0 aromatic heterocycles. The fourth-order valence-electron chi connectivity index (χ4n) is 2.96. The molecular weight excluding hydrogens is 296 g/mol. The summed E-state index contributed by atoms with van der Waals surface area (Å²) in [6.07, 6.45) is 1.59. The van der Waals surface area contributed by atoms with Crippen molar-refractivity contribution in [1.82, 2.24) is 9.80 Å². The molecule has 0 atom stereocenters. The Labute approximate surface area is 136 Å². The molecule has 1 heterocycles. The normalized spacial score (nSPS) is 19.4. The number of methoxy groups -OCH3 is 2. The molecule has 3 rings (SSSR count). The number of hydrogen-bond donors (Lipinski definition) is 0. The smallest absolute Gasteiger partial charge is 0.254 e. The molecule has 0 spiro atoms. The Morgan fingerprint density at radius 2 is 1.70 bits per heavy atom. The van der Waals surface area contributed by atoms with Gasteiger partial charge in [-0.25, -0.2) is 0 Å². The lowest BCUT2D eigenvalue weighted by atomic mass is 10.1. The molecule has 1 aromatic rings. The Morgan fingerprint density at radius 1 is 1.04 bits per heavy atom. The minimum atomic E-state index is -0.584. The average molecular weight is 318 g/mol. The second-order valence-corrected chi connectivity index (χ2v) is 6.01. The maximum absolute atomic E-state index is 12.6. The van der Waals surface area contributed by atoms with Crippen LogP contribution in [0.5, 0.6) is 5.75 Å². The minimum Gasteiger partial charge on any atom is -0.497 e. The molecule has 0 radical (unpaired) electrons. The summed E-state index contributed by atoms with van der Waals surface area (Å²) in [6, 6.07) is 7.14. The van der Waals surface area contributed by atoms with Gasteiger partial charge in [-0.2, -0.15) is 0 Å². The third-order valence-corrected chi connectivity index (χ3v) is 4.66. The maximum Gasteiger partial charge on any atom is 0.254 e. The zero-order valence-electron chi connectivity index (χ0n) is 13.6. The van der Waals surface area contributed by atoms with Crippen molar-refractivity contribution < 1.29 is 19.1 Å². The van der Waals surface area contributed by atoms with Crippen molar-refractivity contribution >= 4 is 11.8 Å².